The Bertz CT molecular complexity index is 1790. The number of carbonyl (C=O) groups is 2. The largest absolute Gasteiger partial charge is 0.505 e. The van der Waals surface area contributed by atoms with E-state index in [4.69, 9.17) is 39.9 Å². The van der Waals surface area contributed by atoms with Crippen LogP contribution in [0.4, 0.5) is 17.3 Å². The number of anilines is 3. The Balaban J connectivity index is 0.000000227. The molecule has 5 rings (SSSR count). The summed E-state index contributed by atoms with van der Waals surface area (Å²) in [6.07, 6.45) is 3.02. The van der Waals surface area contributed by atoms with Gasteiger partial charge in [0, 0.05) is 35.7 Å². The van der Waals surface area contributed by atoms with Gasteiger partial charge in [0.1, 0.15) is 17.2 Å². The molecule has 2 aromatic heterocycles. The second-order valence-corrected chi connectivity index (χ2v) is 11.8. The lowest BCUT2D eigenvalue weighted by molar-refractivity contribution is -0.113. The minimum absolute atomic E-state index is 0.0469. The summed E-state index contributed by atoms with van der Waals surface area (Å²) >= 11 is 15.5. The Hall–Kier alpha value is -4.36. The second-order valence-electron chi connectivity index (χ2n) is 8.68. The van der Waals surface area contributed by atoms with Crippen molar-refractivity contribution in [1.29, 1.82) is 0 Å². The van der Waals surface area contributed by atoms with Crippen LogP contribution in [0.3, 0.4) is 0 Å². The molecule has 230 valence electrons. The minimum Gasteiger partial charge on any atom is -0.505 e. The van der Waals surface area contributed by atoms with Gasteiger partial charge in [-0.15, -0.1) is 23.2 Å². The van der Waals surface area contributed by atoms with Gasteiger partial charge in [-0.3, -0.25) is 9.10 Å². The van der Waals surface area contributed by atoms with E-state index in [1.165, 1.54) is 37.6 Å². The third-order valence-corrected chi connectivity index (χ3v) is 8.23. The molecule has 44 heavy (non-hydrogen) atoms. The predicted molar refractivity (Wildman–Crippen MR) is 171 cm³/mol. The van der Waals surface area contributed by atoms with Gasteiger partial charge >= 0.3 is 5.97 Å². The second kappa shape index (κ2) is 15.4. The first-order valence-electron chi connectivity index (χ1n) is 12.5. The number of aromatic nitrogens is 2. The lowest BCUT2D eigenvalue weighted by Crippen LogP contribution is -2.37. The molecular formula is C29H26Cl3N5O6S. The zero-order chi connectivity index (χ0) is 32.4. The summed E-state index contributed by atoms with van der Waals surface area (Å²) in [4.78, 5) is 31.4. The molecule has 0 spiro atoms. The molecule has 0 atom stereocenters. The number of nitrogens with zero attached hydrogens (tertiary/aromatic N) is 3. The van der Waals surface area contributed by atoms with Crippen LogP contribution >= 0.6 is 34.8 Å². The number of carbonyl (C=O) groups excluding carboxylic acids is 1. The van der Waals surface area contributed by atoms with Gasteiger partial charge in [0.25, 0.3) is 15.9 Å². The van der Waals surface area contributed by atoms with Crippen LogP contribution in [0.25, 0.3) is 5.76 Å². The molecule has 1 aliphatic heterocycles. The number of carboxylic acids is 1. The van der Waals surface area contributed by atoms with E-state index in [-0.39, 0.29) is 32.9 Å². The van der Waals surface area contributed by atoms with E-state index in [0.717, 1.165) is 15.6 Å². The number of alkyl halides is 2. The van der Waals surface area contributed by atoms with Crippen LogP contribution in [0.2, 0.25) is 5.02 Å². The average molecular weight is 679 g/mol. The number of benzene rings is 2. The summed E-state index contributed by atoms with van der Waals surface area (Å²) < 4.78 is 25.8. The number of aliphatic hydroxyl groups is 1. The molecule has 4 aromatic rings. The molecule has 11 nitrogen and oxygen atoms in total. The topological polar surface area (TPSA) is 162 Å². The number of carboxylic acid groups (broad SMARTS) is 1. The van der Waals surface area contributed by atoms with Crippen molar-refractivity contribution in [1.82, 2.24) is 14.3 Å². The Morgan fingerprint density at radius 3 is 2.25 bits per heavy atom. The summed E-state index contributed by atoms with van der Waals surface area (Å²) in [6, 6.07) is 19.3. The Morgan fingerprint density at radius 1 is 0.932 bits per heavy atom. The average Bonchev–Trinajstić information content (AvgIpc) is 3.00. The van der Waals surface area contributed by atoms with Crippen molar-refractivity contribution >= 4 is 79.8 Å². The molecule has 15 heteroatoms. The minimum atomic E-state index is -3.91. The first-order chi connectivity index (χ1) is 20.9. The molecule has 1 aliphatic rings. The number of amides is 1. The number of likely N-dealkylation sites (N-methyl/N-ethyl adjacent to an activating group) is 1. The number of pyridine rings is 2. The van der Waals surface area contributed by atoms with Crippen molar-refractivity contribution in [2.45, 2.75) is 11.8 Å². The van der Waals surface area contributed by atoms with Gasteiger partial charge < -0.3 is 20.8 Å². The van der Waals surface area contributed by atoms with Gasteiger partial charge in [0.2, 0.25) is 0 Å². The van der Waals surface area contributed by atoms with Crippen LogP contribution < -0.4 is 10.6 Å². The van der Waals surface area contributed by atoms with Gasteiger partial charge in [-0.05, 0) is 61.0 Å². The summed E-state index contributed by atoms with van der Waals surface area (Å²) in [5.41, 5.74) is 1.45. The predicted octanol–water partition coefficient (Wildman–Crippen LogP) is 6.49. The first-order valence-corrected chi connectivity index (χ1v) is 15.4. The van der Waals surface area contributed by atoms with Crippen LogP contribution in [0.5, 0.6) is 0 Å². The smallest absolute Gasteiger partial charge is 0.339 e. The number of sulfonamides is 1. The molecule has 0 saturated heterocycles. The van der Waals surface area contributed by atoms with Crippen molar-refractivity contribution in [3.05, 3.63) is 113 Å². The number of aromatic carboxylic acids is 1. The highest BCUT2D eigenvalue weighted by molar-refractivity contribution is 7.89. The van der Waals surface area contributed by atoms with Gasteiger partial charge in [-0.25, -0.2) is 23.2 Å². The maximum atomic E-state index is 12.5. The van der Waals surface area contributed by atoms with E-state index in [2.05, 4.69) is 20.6 Å². The number of rotatable bonds is 5. The van der Waals surface area contributed by atoms with Gasteiger partial charge in [0.05, 0.1) is 10.2 Å². The Morgan fingerprint density at radius 2 is 1.59 bits per heavy atom. The summed E-state index contributed by atoms with van der Waals surface area (Å²) in [7, 11) is -2.69. The molecule has 1 amide bonds. The monoisotopic (exact) mass is 677 g/mol. The van der Waals surface area contributed by atoms with Crippen molar-refractivity contribution in [3.63, 3.8) is 0 Å². The van der Waals surface area contributed by atoms with Crippen LogP contribution in [0.15, 0.2) is 95.8 Å². The molecular weight excluding hydrogens is 653 g/mol. The number of nitrogens with one attached hydrogen (secondary N) is 2. The normalized spacial score (nSPS) is 12.9. The van der Waals surface area contributed by atoms with Gasteiger partial charge in [0.15, 0.2) is 11.5 Å². The fraction of sp³-hybridized carbons (Fsp3) is 0.103. The van der Waals surface area contributed by atoms with Gasteiger partial charge in [-0.2, -0.15) is 0 Å². The molecule has 2 aromatic carbocycles. The fourth-order valence-electron chi connectivity index (χ4n) is 3.84. The van der Waals surface area contributed by atoms with E-state index in [1.54, 1.807) is 48.5 Å². The SMILES string of the molecule is CN1C(C(=O)Nc2ccccn2)=C(O)c2ccccc2S1(=O)=O.Cc1c(Cl)cccc1Nc1ncccc1C(=O)O.ClCCl. The molecule has 0 bridgehead atoms. The molecule has 3 heterocycles. The zero-order valence-corrected chi connectivity index (χ0v) is 26.3. The van der Waals surface area contributed by atoms with Gasteiger partial charge in [-0.1, -0.05) is 35.9 Å². The highest BCUT2D eigenvalue weighted by Gasteiger charge is 2.37. The number of hydrogen-bond acceptors (Lipinski definition) is 8. The number of halogens is 3. The molecule has 4 N–H and O–H groups in total. The number of hydrogen-bond donors (Lipinski definition) is 4. The van der Waals surface area contributed by atoms with E-state index in [9.17, 15) is 23.1 Å². The highest BCUT2D eigenvalue weighted by Crippen LogP contribution is 2.34. The van der Waals surface area contributed by atoms with Crippen molar-refractivity contribution in [3.8, 4) is 0 Å². The van der Waals surface area contributed by atoms with Crippen LogP contribution in [0, 0.1) is 6.92 Å². The number of fused-ring (bicyclic) bond motifs is 1. The highest BCUT2D eigenvalue weighted by atomic mass is 35.5. The van der Waals surface area contributed by atoms with Crippen molar-refractivity contribution < 1.29 is 28.2 Å². The fourth-order valence-corrected chi connectivity index (χ4v) is 5.41. The molecule has 0 aliphatic carbocycles. The van der Waals surface area contributed by atoms with E-state index in [0.29, 0.717) is 10.8 Å². The standard InChI is InChI=1S/C15H13N3O4S.C13H11ClN2O2.CH2Cl2/c1-18-13(15(20)17-12-8-4-5-9-16-12)14(19)10-6-2-3-7-11(10)23(18,21)22;1-8-10(14)5-2-6-11(8)16-12-9(13(17)18)4-3-7-15-12;2-1-3/h2-9,19H,1H3,(H,16,17,20);2-7H,1H3,(H,15,16)(H,17,18);1H2. The summed E-state index contributed by atoms with van der Waals surface area (Å²) in [5.74, 6) is -1.63. The first kappa shape index (κ1) is 34.1. The Kier molecular flexibility index (Phi) is 11.9. The molecule has 0 radical (unpaired) electrons. The van der Waals surface area contributed by atoms with E-state index >= 15 is 0 Å². The third kappa shape index (κ3) is 7.97. The third-order valence-electron chi connectivity index (χ3n) is 6.00. The lowest BCUT2D eigenvalue weighted by atomic mass is 10.1. The maximum Gasteiger partial charge on any atom is 0.339 e. The maximum absolute atomic E-state index is 12.5. The summed E-state index contributed by atoms with van der Waals surface area (Å²) in [6.45, 7) is 1.86. The van der Waals surface area contributed by atoms with Crippen LogP contribution in [0.1, 0.15) is 21.5 Å². The van der Waals surface area contributed by atoms with Crippen molar-refractivity contribution in [2.24, 2.45) is 0 Å². The van der Waals surface area contributed by atoms with Crippen molar-refractivity contribution in [2.75, 3.05) is 23.0 Å². The zero-order valence-electron chi connectivity index (χ0n) is 23.2. The molecule has 0 unspecified atom stereocenters. The van der Waals surface area contributed by atoms with E-state index < -0.39 is 27.7 Å². The Labute approximate surface area is 268 Å². The quantitative estimate of drug-likeness (QED) is 0.173. The van der Waals surface area contributed by atoms with Crippen LogP contribution in [-0.2, 0) is 14.8 Å². The number of aliphatic hydroxyl groups excluding tert-OH is 1. The van der Waals surface area contributed by atoms with E-state index in [1.807, 2.05) is 13.0 Å². The summed E-state index contributed by atoms with van der Waals surface area (Å²) in [5, 5.41) is 25.7. The van der Waals surface area contributed by atoms with Crippen LogP contribution in [-0.4, -0.2) is 57.2 Å². The molecule has 0 saturated carbocycles. The lowest BCUT2D eigenvalue weighted by Gasteiger charge is -2.28. The molecule has 0 fully saturated rings.